The summed E-state index contributed by atoms with van der Waals surface area (Å²) in [4.78, 5) is 26.9. The van der Waals surface area contributed by atoms with Crippen molar-refractivity contribution in [2.45, 2.75) is 46.2 Å². The number of hydrogen-bond donors (Lipinski definition) is 1. The Morgan fingerprint density at radius 3 is 2.23 bits per heavy atom. The van der Waals surface area contributed by atoms with Crippen LogP contribution in [0, 0.1) is 5.41 Å². The quantitative estimate of drug-likeness (QED) is 0.834. The van der Waals surface area contributed by atoms with Gasteiger partial charge in [-0.15, -0.1) is 0 Å². The Bertz CT molecular complexity index is 651. The Hall–Kier alpha value is -2.08. The molecule has 0 radical (unpaired) electrons. The molecule has 1 heterocycles. The fourth-order valence-electron chi connectivity index (χ4n) is 3.43. The van der Waals surface area contributed by atoms with Crippen LogP contribution in [0.25, 0.3) is 0 Å². The van der Waals surface area contributed by atoms with Crippen molar-refractivity contribution in [3.05, 3.63) is 35.4 Å². The van der Waals surface area contributed by atoms with Crippen LogP contribution < -0.4 is 0 Å². The van der Waals surface area contributed by atoms with E-state index in [4.69, 9.17) is 4.74 Å². The highest BCUT2D eigenvalue weighted by Crippen LogP contribution is 2.38. The summed E-state index contributed by atoms with van der Waals surface area (Å²) < 4.78 is 4.69. The number of amides is 1. The molecule has 144 valence electrons. The van der Waals surface area contributed by atoms with E-state index in [9.17, 15) is 14.7 Å². The molecule has 1 atom stereocenters. The molecule has 26 heavy (non-hydrogen) atoms. The number of nitrogens with zero attached hydrogens (tertiary/aromatic N) is 2. The van der Waals surface area contributed by atoms with Gasteiger partial charge < -0.3 is 9.84 Å². The van der Waals surface area contributed by atoms with Crippen molar-refractivity contribution < 1.29 is 19.4 Å². The van der Waals surface area contributed by atoms with E-state index >= 15 is 0 Å². The van der Waals surface area contributed by atoms with Gasteiger partial charge in [0.25, 0.3) is 0 Å². The first-order chi connectivity index (χ1) is 12.1. The highest BCUT2D eigenvalue weighted by atomic mass is 16.5. The fourth-order valence-corrected chi connectivity index (χ4v) is 3.43. The van der Waals surface area contributed by atoms with Crippen LogP contribution in [0.2, 0.25) is 0 Å². The third-order valence-corrected chi connectivity index (χ3v) is 5.62. The summed E-state index contributed by atoms with van der Waals surface area (Å²) in [6, 6.07) is 7.94. The fraction of sp³-hybridized carbons (Fsp3) is 0.600. The summed E-state index contributed by atoms with van der Waals surface area (Å²) in [5.41, 5.74) is 1.45. The lowest BCUT2D eigenvalue weighted by atomic mass is 9.72. The molecule has 1 N–H and O–H groups in total. The maximum absolute atomic E-state index is 11.7. The van der Waals surface area contributed by atoms with Crippen LogP contribution in [0.3, 0.4) is 0 Å². The molecule has 0 aliphatic carbocycles. The van der Waals surface area contributed by atoms with Crippen molar-refractivity contribution in [3.63, 3.8) is 0 Å². The predicted octanol–water partition coefficient (Wildman–Crippen LogP) is 3.00. The van der Waals surface area contributed by atoms with Crippen molar-refractivity contribution in [1.82, 2.24) is 9.80 Å². The second-order valence-corrected chi connectivity index (χ2v) is 8.24. The first-order valence-corrected chi connectivity index (χ1v) is 8.94. The summed E-state index contributed by atoms with van der Waals surface area (Å²) in [7, 11) is 1.39. The molecule has 2 rings (SSSR count). The molecular weight excluding hydrogens is 332 g/mol. The Morgan fingerprint density at radius 2 is 1.73 bits per heavy atom. The number of carbonyl (C=O) groups excluding carboxylic acids is 1. The van der Waals surface area contributed by atoms with Crippen LogP contribution in [0.1, 0.15) is 38.8 Å². The van der Waals surface area contributed by atoms with Gasteiger partial charge in [0.2, 0.25) is 0 Å². The average Bonchev–Trinajstić information content (AvgIpc) is 2.55. The predicted molar refractivity (Wildman–Crippen MR) is 100 cm³/mol. The number of rotatable bonds is 4. The first kappa shape index (κ1) is 20.2. The number of piperazine rings is 1. The SMILES string of the molecule is COC(=O)Cc1ccc(CN2CCN(C(=O)O)[C@@](C)(C(C)(C)C)C2)cc1. The van der Waals surface area contributed by atoms with Crippen molar-refractivity contribution in [1.29, 1.82) is 0 Å². The van der Waals surface area contributed by atoms with Crippen molar-refractivity contribution in [3.8, 4) is 0 Å². The molecule has 6 heteroatoms. The third kappa shape index (κ3) is 4.36. The van der Waals surface area contributed by atoms with Gasteiger partial charge in [-0.2, -0.15) is 0 Å². The molecule has 6 nitrogen and oxygen atoms in total. The van der Waals surface area contributed by atoms with E-state index in [2.05, 4.69) is 25.7 Å². The Kier molecular flexibility index (Phi) is 5.96. The summed E-state index contributed by atoms with van der Waals surface area (Å²) >= 11 is 0. The third-order valence-electron chi connectivity index (χ3n) is 5.62. The number of carbonyl (C=O) groups is 2. The highest BCUT2D eigenvalue weighted by Gasteiger charge is 2.48. The van der Waals surface area contributed by atoms with E-state index in [1.807, 2.05) is 31.2 Å². The molecular formula is C20H30N2O4. The minimum atomic E-state index is -0.853. The summed E-state index contributed by atoms with van der Waals surface area (Å²) in [6.45, 7) is 11.0. The molecule has 1 aliphatic heterocycles. The lowest BCUT2D eigenvalue weighted by molar-refractivity contribution is -0.139. The lowest BCUT2D eigenvalue weighted by Gasteiger charge is -2.54. The molecule has 0 saturated carbocycles. The Morgan fingerprint density at radius 1 is 1.15 bits per heavy atom. The second-order valence-electron chi connectivity index (χ2n) is 8.24. The van der Waals surface area contributed by atoms with E-state index in [1.165, 1.54) is 7.11 Å². The number of methoxy groups -OCH3 is 1. The number of ether oxygens (including phenoxy) is 1. The summed E-state index contributed by atoms with van der Waals surface area (Å²) in [5, 5.41) is 9.61. The van der Waals surface area contributed by atoms with Gasteiger partial charge in [-0.1, -0.05) is 45.0 Å². The molecule has 1 aliphatic rings. The lowest BCUT2D eigenvalue weighted by Crippen LogP contribution is -2.67. The van der Waals surface area contributed by atoms with Crippen LogP contribution >= 0.6 is 0 Å². The van der Waals surface area contributed by atoms with Gasteiger partial charge in [-0.25, -0.2) is 4.79 Å². The van der Waals surface area contributed by atoms with Gasteiger partial charge in [0.05, 0.1) is 19.1 Å². The number of carboxylic acid groups (broad SMARTS) is 1. The van der Waals surface area contributed by atoms with Crippen molar-refractivity contribution in [2.24, 2.45) is 5.41 Å². The summed E-state index contributed by atoms with van der Waals surface area (Å²) in [5.74, 6) is -0.247. The summed E-state index contributed by atoms with van der Waals surface area (Å²) in [6.07, 6.45) is -0.579. The number of esters is 1. The molecule has 1 fully saturated rings. The largest absolute Gasteiger partial charge is 0.469 e. The van der Waals surface area contributed by atoms with Crippen LogP contribution in [-0.4, -0.2) is 59.3 Å². The average molecular weight is 362 g/mol. The number of hydrogen-bond acceptors (Lipinski definition) is 4. The Labute approximate surface area is 155 Å². The van der Waals surface area contributed by atoms with Gasteiger partial charge in [-0.3, -0.25) is 14.6 Å². The minimum absolute atomic E-state index is 0.172. The molecule has 0 bridgehead atoms. The maximum atomic E-state index is 11.7. The van der Waals surface area contributed by atoms with E-state index in [0.29, 0.717) is 19.6 Å². The van der Waals surface area contributed by atoms with Crippen molar-refractivity contribution >= 4 is 12.1 Å². The van der Waals surface area contributed by atoms with E-state index in [0.717, 1.165) is 17.7 Å². The molecule has 1 aromatic carbocycles. The molecule has 0 aromatic heterocycles. The second kappa shape index (κ2) is 7.66. The zero-order valence-electron chi connectivity index (χ0n) is 16.4. The van der Waals surface area contributed by atoms with Gasteiger partial charge in [-0.05, 0) is 23.5 Å². The van der Waals surface area contributed by atoms with E-state index < -0.39 is 11.6 Å². The van der Waals surface area contributed by atoms with E-state index in [-0.39, 0.29) is 17.8 Å². The van der Waals surface area contributed by atoms with Crippen LogP contribution in [0.4, 0.5) is 4.79 Å². The topological polar surface area (TPSA) is 70.1 Å². The van der Waals surface area contributed by atoms with Crippen LogP contribution in [0.5, 0.6) is 0 Å². The normalized spacial score (nSPS) is 21.5. The molecule has 1 saturated heterocycles. The molecule has 0 spiro atoms. The smallest absolute Gasteiger partial charge is 0.407 e. The first-order valence-electron chi connectivity index (χ1n) is 8.94. The molecule has 1 aromatic rings. The minimum Gasteiger partial charge on any atom is -0.469 e. The zero-order chi connectivity index (χ0) is 19.5. The Balaban J connectivity index is 2.09. The van der Waals surface area contributed by atoms with Gasteiger partial charge in [0.1, 0.15) is 0 Å². The van der Waals surface area contributed by atoms with Gasteiger partial charge >= 0.3 is 12.1 Å². The highest BCUT2D eigenvalue weighted by molar-refractivity contribution is 5.72. The van der Waals surface area contributed by atoms with Gasteiger partial charge in [0, 0.05) is 26.2 Å². The monoisotopic (exact) mass is 362 g/mol. The van der Waals surface area contributed by atoms with Crippen molar-refractivity contribution in [2.75, 3.05) is 26.7 Å². The maximum Gasteiger partial charge on any atom is 0.407 e. The van der Waals surface area contributed by atoms with Crippen LogP contribution in [0.15, 0.2) is 24.3 Å². The number of benzene rings is 1. The standard InChI is InChI=1S/C20H30N2O4/c1-19(2,3)20(4)14-21(10-11-22(20)18(24)25)13-16-8-6-15(7-9-16)12-17(23)26-5/h6-9H,10-14H2,1-5H3,(H,24,25)/t20-/m1/s1. The zero-order valence-corrected chi connectivity index (χ0v) is 16.4. The van der Waals surface area contributed by atoms with E-state index in [1.54, 1.807) is 4.90 Å². The molecule has 1 amide bonds. The van der Waals surface area contributed by atoms with Crippen LogP contribution in [-0.2, 0) is 22.5 Å². The van der Waals surface area contributed by atoms with Gasteiger partial charge in [0.15, 0.2) is 0 Å². The molecule has 0 unspecified atom stereocenters.